The third-order valence-electron chi connectivity index (χ3n) is 3.68. The second-order valence-corrected chi connectivity index (χ2v) is 6.28. The second kappa shape index (κ2) is 5.46. The highest BCUT2D eigenvalue weighted by molar-refractivity contribution is 7.98. The normalized spacial score (nSPS) is 11.3. The molecule has 4 aromatic rings. The van der Waals surface area contributed by atoms with Gasteiger partial charge >= 0.3 is 0 Å². The molecule has 108 valence electrons. The lowest BCUT2D eigenvalue weighted by Gasteiger charge is -2.05. The molecule has 4 heteroatoms. The van der Waals surface area contributed by atoms with E-state index in [1.165, 1.54) is 10.9 Å². The lowest BCUT2D eigenvalue weighted by molar-refractivity contribution is 1.15. The summed E-state index contributed by atoms with van der Waals surface area (Å²) in [5.74, 6) is 0.826. The summed E-state index contributed by atoms with van der Waals surface area (Å²) in [6.07, 6.45) is 4.10. The van der Waals surface area contributed by atoms with Crippen molar-refractivity contribution in [2.45, 2.75) is 17.7 Å². The summed E-state index contributed by atoms with van der Waals surface area (Å²) in [7, 11) is 0. The standard InChI is InChI=1S/C18H15N3S/c1-13-10-18(20-16-7-3-2-6-15(13)16)22-12-14-11-21-9-5-4-8-17(21)19-14/h2-11H,12H2,1H3. The molecule has 0 radical (unpaired) electrons. The van der Waals surface area contributed by atoms with Crippen LogP contribution in [0.2, 0.25) is 0 Å². The van der Waals surface area contributed by atoms with Gasteiger partial charge in [0.2, 0.25) is 0 Å². The van der Waals surface area contributed by atoms with Crippen molar-refractivity contribution in [3.05, 3.63) is 72.2 Å². The summed E-state index contributed by atoms with van der Waals surface area (Å²) in [4.78, 5) is 9.36. The van der Waals surface area contributed by atoms with Crippen LogP contribution < -0.4 is 0 Å². The molecule has 3 heterocycles. The zero-order valence-corrected chi connectivity index (χ0v) is 13.0. The Morgan fingerprint density at radius 2 is 1.91 bits per heavy atom. The summed E-state index contributed by atoms with van der Waals surface area (Å²) in [5.41, 5.74) is 4.38. The molecular weight excluding hydrogens is 290 g/mol. The minimum atomic E-state index is 0.826. The Hall–Kier alpha value is -2.33. The first-order valence-electron chi connectivity index (χ1n) is 7.21. The van der Waals surface area contributed by atoms with E-state index in [-0.39, 0.29) is 0 Å². The molecule has 0 atom stereocenters. The Kier molecular flexibility index (Phi) is 3.31. The van der Waals surface area contributed by atoms with E-state index in [0.29, 0.717) is 0 Å². The van der Waals surface area contributed by atoms with E-state index < -0.39 is 0 Å². The van der Waals surface area contributed by atoms with Gasteiger partial charge in [-0.15, -0.1) is 0 Å². The molecule has 0 saturated carbocycles. The molecule has 0 spiro atoms. The number of nitrogens with zero attached hydrogens (tertiary/aromatic N) is 3. The monoisotopic (exact) mass is 305 g/mol. The summed E-state index contributed by atoms with van der Waals surface area (Å²) in [6.45, 7) is 2.14. The van der Waals surface area contributed by atoms with Crippen molar-refractivity contribution in [2.24, 2.45) is 0 Å². The van der Waals surface area contributed by atoms with Gasteiger partial charge in [0.05, 0.1) is 16.2 Å². The maximum Gasteiger partial charge on any atom is 0.137 e. The SMILES string of the molecule is Cc1cc(SCc2cn3ccccc3n2)nc2ccccc12. The van der Waals surface area contributed by atoms with Gasteiger partial charge in [-0.1, -0.05) is 36.0 Å². The van der Waals surface area contributed by atoms with Crippen LogP contribution in [0, 0.1) is 6.92 Å². The summed E-state index contributed by atoms with van der Waals surface area (Å²) < 4.78 is 2.05. The van der Waals surface area contributed by atoms with Crippen LogP contribution in [-0.4, -0.2) is 14.4 Å². The number of imidazole rings is 1. The Balaban J connectivity index is 1.60. The predicted molar refractivity (Wildman–Crippen MR) is 91.2 cm³/mol. The number of aryl methyl sites for hydroxylation is 1. The van der Waals surface area contributed by atoms with Crippen LogP contribution >= 0.6 is 11.8 Å². The van der Waals surface area contributed by atoms with Crippen LogP contribution in [0.15, 0.2) is 66.0 Å². The summed E-state index contributed by atoms with van der Waals surface area (Å²) in [6, 6.07) is 16.5. The van der Waals surface area contributed by atoms with Gasteiger partial charge in [-0.3, -0.25) is 0 Å². The predicted octanol–water partition coefficient (Wildman–Crippen LogP) is 4.48. The summed E-state index contributed by atoms with van der Waals surface area (Å²) in [5, 5.41) is 2.27. The molecule has 1 aromatic carbocycles. The van der Waals surface area contributed by atoms with Crippen molar-refractivity contribution in [3.8, 4) is 0 Å². The molecular formula is C18H15N3S. The molecule has 3 aromatic heterocycles. The van der Waals surface area contributed by atoms with Gasteiger partial charge in [0.15, 0.2) is 0 Å². The van der Waals surface area contributed by atoms with Crippen molar-refractivity contribution in [2.75, 3.05) is 0 Å². The van der Waals surface area contributed by atoms with Crippen LogP contribution in [0.4, 0.5) is 0 Å². The van der Waals surface area contributed by atoms with E-state index in [0.717, 1.165) is 27.6 Å². The van der Waals surface area contributed by atoms with E-state index in [1.54, 1.807) is 11.8 Å². The first-order chi connectivity index (χ1) is 10.8. The van der Waals surface area contributed by atoms with Gasteiger partial charge in [-0.2, -0.15) is 0 Å². The molecule has 4 rings (SSSR count). The van der Waals surface area contributed by atoms with Crippen LogP contribution in [-0.2, 0) is 5.75 Å². The third-order valence-corrected chi connectivity index (χ3v) is 4.63. The number of para-hydroxylation sites is 1. The molecule has 0 fully saturated rings. The van der Waals surface area contributed by atoms with E-state index in [2.05, 4.69) is 46.8 Å². The van der Waals surface area contributed by atoms with E-state index in [9.17, 15) is 0 Å². The maximum absolute atomic E-state index is 4.73. The fraction of sp³-hybridized carbons (Fsp3) is 0.111. The highest BCUT2D eigenvalue weighted by atomic mass is 32.2. The second-order valence-electron chi connectivity index (χ2n) is 5.28. The van der Waals surface area contributed by atoms with Crippen LogP contribution in [0.5, 0.6) is 0 Å². The minimum absolute atomic E-state index is 0.826. The van der Waals surface area contributed by atoms with Crippen LogP contribution in [0.25, 0.3) is 16.6 Å². The van der Waals surface area contributed by atoms with Crippen molar-refractivity contribution in [3.63, 3.8) is 0 Å². The highest BCUT2D eigenvalue weighted by Crippen LogP contribution is 2.26. The number of aromatic nitrogens is 3. The molecule has 3 nitrogen and oxygen atoms in total. The molecule has 0 bridgehead atoms. The molecule has 22 heavy (non-hydrogen) atoms. The average molecular weight is 305 g/mol. The van der Waals surface area contributed by atoms with Gasteiger partial charge in [0, 0.05) is 23.5 Å². The lowest BCUT2D eigenvalue weighted by atomic mass is 10.1. The van der Waals surface area contributed by atoms with Gasteiger partial charge in [0.25, 0.3) is 0 Å². The quantitative estimate of drug-likeness (QED) is 0.523. The zero-order chi connectivity index (χ0) is 14.9. The fourth-order valence-corrected chi connectivity index (χ4v) is 3.45. The van der Waals surface area contributed by atoms with Crippen molar-refractivity contribution in [1.82, 2.24) is 14.4 Å². The van der Waals surface area contributed by atoms with E-state index >= 15 is 0 Å². The number of hydrogen-bond acceptors (Lipinski definition) is 3. The molecule has 0 N–H and O–H groups in total. The maximum atomic E-state index is 4.73. The van der Waals surface area contributed by atoms with Gasteiger partial charge in [-0.25, -0.2) is 9.97 Å². The molecule has 0 aliphatic heterocycles. The van der Waals surface area contributed by atoms with Crippen LogP contribution in [0.1, 0.15) is 11.3 Å². The Morgan fingerprint density at radius 3 is 2.82 bits per heavy atom. The van der Waals surface area contributed by atoms with Crippen molar-refractivity contribution in [1.29, 1.82) is 0 Å². The van der Waals surface area contributed by atoms with E-state index in [1.807, 2.05) is 30.5 Å². The first-order valence-corrected chi connectivity index (χ1v) is 8.20. The molecule has 0 aliphatic carbocycles. The van der Waals surface area contributed by atoms with Crippen molar-refractivity contribution >= 4 is 28.3 Å². The van der Waals surface area contributed by atoms with Gasteiger partial charge in [-0.05, 0) is 36.8 Å². The topological polar surface area (TPSA) is 30.2 Å². The minimum Gasteiger partial charge on any atom is -0.307 e. The van der Waals surface area contributed by atoms with Gasteiger partial charge < -0.3 is 4.40 Å². The lowest BCUT2D eigenvalue weighted by Crippen LogP contribution is -1.88. The smallest absolute Gasteiger partial charge is 0.137 e. The number of rotatable bonds is 3. The fourth-order valence-electron chi connectivity index (χ4n) is 2.60. The number of benzene rings is 1. The third kappa shape index (κ3) is 2.46. The number of pyridine rings is 2. The average Bonchev–Trinajstić information content (AvgIpc) is 2.96. The Bertz CT molecular complexity index is 926. The van der Waals surface area contributed by atoms with Crippen LogP contribution in [0.3, 0.4) is 0 Å². The van der Waals surface area contributed by atoms with Crippen molar-refractivity contribution < 1.29 is 0 Å². The summed E-state index contributed by atoms with van der Waals surface area (Å²) >= 11 is 1.73. The Morgan fingerprint density at radius 1 is 1.05 bits per heavy atom. The molecule has 0 saturated heterocycles. The van der Waals surface area contributed by atoms with E-state index in [4.69, 9.17) is 4.98 Å². The Labute approximate surface area is 133 Å². The van der Waals surface area contributed by atoms with Gasteiger partial charge in [0.1, 0.15) is 5.65 Å². The first kappa shape index (κ1) is 13.3. The highest BCUT2D eigenvalue weighted by Gasteiger charge is 2.05. The molecule has 0 unspecified atom stereocenters. The number of fused-ring (bicyclic) bond motifs is 2. The molecule has 0 amide bonds. The molecule has 0 aliphatic rings. The number of hydrogen-bond donors (Lipinski definition) is 0. The number of thioether (sulfide) groups is 1. The largest absolute Gasteiger partial charge is 0.307 e. The zero-order valence-electron chi connectivity index (χ0n) is 12.2.